The molecule has 1 unspecified atom stereocenters. The Balaban J connectivity index is 2.15. The van der Waals surface area contributed by atoms with E-state index in [0.29, 0.717) is 16.5 Å². The molecule has 1 aromatic carbocycles. The number of benzene rings is 1. The van der Waals surface area contributed by atoms with Gasteiger partial charge in [0.1, 0.15) is 5.82 Å². The number of aliphatic hydroxyl groups is 1. The largest absolute Gasteiger partial charge is 0.472 e. The fourth-order valence-corrected chi connectivity index (χ4v) is 2.05. The van der Waals surface area contributed by atoms with Gasteiger partial charge in [-0.3, -0.25) is 0 Å². The quantitative estimate of drug-likeness (QED) is 0.937. The second kappa shape index (κ2) is 4.80. The normalized spacial score (nSPS) is 12.7. The Morgan fingerprint density at radius 2 is 2.19 bits per heavy atom. The number of halogens is 2. The Morgan fingerprint density at radius 1 is 1.38 bits per heavy atom. The molecule has 0 spiro atoms. The lowest BCUT2D eigenvalue weighted by Gasteiger charge is -2.08. The van der Waals surface area contributed by atoms with Crippen LogP contribution in [0.3, 0.4) is 0 Å². The zero-order chi connectivity index (χ0) is 11.5. The zero-order valence-electron chi connectivity index (χ0n) is 8.36. The SMILES string of the molecule is OC(Cc1cc(F)cc(Br)c1)c1ccoc1. The first-order chi connectivity index (χ1) is 7.65. The van der Waals surface area contributed by atoms with Crippen molar-refractivity contribution in [2.24, 2.45) is 0 Å². The van der Waals surface area contributed by atoms with Crippen molar-refractivity contribution in [2.75, 3.05) is 0 Å². The van der Waals surface area contributed by atoms with E-state index in [-0.39, 0.29) is 5.82 Å². The molecule has 16 heavy (non-hydrogen) atoms. The van der Waals surface area contributed by atoms with E-state index in [2.05, 4.69) is 15.9 Å². The summed E-state index contributed by atoms with van der Waals surface area (Å²) in [5.41, 5.74) is 1.43. The maximum absolute atomic E-state index is 13.1. The molecule has 1 N–H and O–H groups in total. The lowest BCUT2D eigenvalue weighted by Crippen LogP contribution is -2.00. The third-order valence-electron chi connectivity index (χ3n) is 2.28. The van der Waals surface area contributed by atoms with Crippen LogP contribution in [0.4, 0.5) is 4.39 Å². The van der Waals surface area contributed by atoms with Crippen LogP contribution in [0.25, 0.3) is 0 Å². The third kappa shape index (κ3) is 2.71. The molecule has 0 fully saturated rings. The van der Waals surface area contributed by atoms with Crippen molar-refractivity contribution in [3.05, 3.63) is 58.2 Å². The van der Waals surface area contributed by atoms with Gasteiger partial charge in [-0.2, -0.15) is 0 Å². The summed E-state index contributed by atoms with van der Waals surface area (Å²) in [6.45, 7) is 0. The standard InChI is InChI=1S/C12H10BrFO2/c13-10-3-8(4-11(14)6-10)5-12(15)9-1-2-16-7-9/h1-4,6-7,12,15H,5H2. The van der Waals surface area contributed by atoms with E-state index in [4.69, 9.17) is 4.42 Å². The molecule has 0 aliphatic rings. The zero-order valence-corrected chi connectivity index (χ0v) is 9.95. The van der Waals surface area contributed by atoms with Gasteiger partial charge in [0.2, 0.25) is 0 Å². The number of aliphatic hydroxyl groups excluding tert-OH is 1. The summed E-state index contributed by atoms with van der Waals surface area (Å²) in [7, 11) is 0. The Labute approximate surface area is 101 Å². The minimum Gasteiger partial charge on any atom is -0.472 e. The Hall–Kier alpha value is -1.13. The molecule has 0 radical (unpaired) electrons. The molecule has 0 amide bonds. The van der Waals surface area contributed by atoms with Crippen LogP contribution >= 0.6 is 15.9 Å². The maximum atomic E-state index is 13.1. The predicted octanol–water partition coefficient (Wildman–Crippen LogP) is 3.46. The van der Waals surface area contributed by atoms with Crippen LogP contribution in [0.15, 0.2) is 45.7 Å². The van der Waals surface area contributed by atoms with E-state index in [1.165, 1.54) is 24.7 Å². The number of hydrogen-bond acceptors (Lipinski definition) is 2. The lowest BCUT2D eigenvalue weighted by molar-refractivity contribution is 0.177. The van der Waals surface area contributed by atoms with Gasteiger partial charge in [-0.25, -0.2) is 4.39 Å². The molecule has 0 bridgehead atoms. The van der Waals surface area contributed by atoms with Gasteiger partial charge in [0.15, 0.2) is 0 Å². The molecule has 84 valence electrons. The van der Waals surface area contributed by atoms with Crippen LogP contribution in [0.2, 0.25) is 0 Å². The number of furan rings is 1. The summed E-state index contributed by atoms with van der Waals surface area (Å²) in [6, 6.07) is 6.27. The van der Waals surface area contributed by atoms with Crippen molar-refractivity contribution in [3.63, 3.8) is 0 Å². The summed E-state index contributed by atoms with van der Waals surface area (Å²) >= 11 is 3.21. The van der Waals surface area contributed by atoms with Gasteiger partial charge < -0.3 is 9.52 Å². The van der Waals surface area contributed by atoms with E-state index in [1.807, 2.05) is 0 Å². The predicted molar refractivity (Wildman–Crippen MR) is 61.5 cm³/mol. The average Bonchev–Trinajstić information content (AvgIpc) is 2.68. The van der Waals surface area contributed by atoms with Crippen molar-refractivity contribution in [1.29, 1.82) is 0 Å². The fourth-order valence-electron chi connectivity index (χ4n) is 1.53. The molecule has 1 heterocycles. The van der Waals surface area contributed by atoms with Crippen LogP contribution < -0.4 is 0 Å². The molecule has 0 saturated heterocycles. The second-order valence-corrected chi connectivity index (χ2v) is 4.47. The highest BCUT2D eigenvalue weighted by atomic mass is 79.9. The molecule has 0 saturated carbocycles. The summed E-state index contributed by atoms with van der Waals surface area (Å²) in [6.07, 6.45) is 2.67. The molecule has 2 rings (SSSR count). The first kappa shape index (κ1) is 11.4. The molecular formula is C12H10BrFO2. The van der Waals surface area contributed by atoms with E-state index < -0.39 is 6.10 Å². The highest BCUT2D eigenvalue weighted by Crippen LogP contribution is 2.21. The number of hydrogen-bond donors (Lipinski definition) is 1. The van der Waals surface area contributed by atoms with Gasteiger partial charge in [-0.15, -0.1) is 0 Å². The lowest BCUT2D eigenvalue weighted by atomic mass is 10.0. The molecule has 2 nitrogen and oxygen atoms in total. The van der Waals surface area contributed by atoms with Gasteiger partial charge in [-0.05, 0) is 29.8 Å². The van der Waals surface area contributed by atoms with Gasteiger partial charge in [0.05, 0.1) is 18.6 Å². The van der Waals surface area contributed by atoms with Gasteiger partial charge >= 0.3 is 0 Å². The summed E-state index contributed by atoms with van der Waals surface area (Å²) < 4.78 is 18.6. The van der Waals surface area contributed by atoms with Crippen molar-refractivity contribution >= 4 is 15.9 Å². The van der Waals surface area contributed by atoms with Crippen LogP contribution in [-0.2, 0) is 6.42 Å². The van der Waals surface area contributed by atoms with Gasteiger partial charge in [0.25, 0.3) is 0 Å². The fraction of sp³-hybridized carbons (Fsp3) is 0.167. The molecule has 0 aliphatic heterocycles. The Bertz CT molecular complexity index is 448. The van der Waals surface area contributed by atoms with Crippen molar-refractivity contribution in [3.8, 4) is 0 Å². The monoisotopic (exact) mass is 284 g/mol. The maximum Gasteiger partial charge on any atom is 0.124 e. The van der Waals surface area contributed by atoms with Crippen LogP contribution in [-0.4, -0.2) is 5.11 Å². The van der Waals surface area contributed by atoms with Crippen LogP contribution in [0.5, 0.6) is 0 Å². The third-order valence-corrected chi connectivity index (χ3v) is 2.74. The first-order valence-electron chi connectivity index (χ1n) is 4.80. The summed E-state index contributed by atoms with van der Waals surface area (Å²) in [5, 5.41) is 9.85. The van der Waals surface area contributed by atoms with E-state index in [9.17, 15) is 9.50 Å². The summed E-state index contributed by atoms with van der Waals surface area (Å²) in [4.78, 5) is 0. The minimum atomic E-state index is -0.674. The highest BCUT2D eigenvalue weighted by Gasteiger charge is 2.10. The van der Waals surface area contributed by atoms with Crippen LogP contribution in [0.1, 0.15) is 17.2 Å². The van der Waals surface area contributed by atoms with E-state index >= 15 is 0 Å². The van der Waals surface area contributed by atoms with Gasteiger partial charge in [-0.1, -0.05) is 15.9 Å². The molecule has 1 aromatic heterocycles. The van der Waals surface area contributed by atoms with E-state index in [0.717, 1.165) is 5.56 Å². The molecular weight excluding hydrogens is 275 g/mol. The minimum absolute atomic E-state index is 0.316. The molecule has 2 aromatic rings. The average molecular weight is 285 g/mol. The smallest absolute Gasteiger partial charge is 0.124 e. The topological polar surface area (TPSA) is 33.4 Å². The molecule has 4 heteroatoms. The van der Waals surface area contributed by atoms with Crippen molar-refractivity contribution in [2.45, 2.75) is 12.5 Å². The second-order valence-electron chi connectivity index (χ2n) is 3.55. The van der Waals surface area contributed by atoms with E-state index in [1.54, 1.807) is 12.1 Å². The summed E-state index contributed by atoms with van der Waals surface area (Å²) in [5.74, 6) is -0.316. The van der Waals surface area contributed by atoms with Crippen LogP contribution in [0, 0.1) is 5.82 Å². The number of rotatable bonds is 3. The first-order valence-corrected chi connectivity index (χ1v) is 5.59. The highest BCUT2D eigenvalue weighted by molar-refractivity contribution is 9.10. The van der Waals surface area contributed by atoms with Crippen molar-refractivity contribution in [1.82, 2.24) is 0 Å². The Kier molecular flexibility index (Phi) is 3.41. The molecule has 0 aliphatic carbocycles. The van der Waals surface area contributed by atoms with Crippen molar-refractivity contribution < 1.29 is 13.9 Å². The molecule has 1 atom stereocenters. The Morgan fingerprint density at radius 3 is 2.81 bits per heavy atom. The van der Waals surface area contributed by atoms with Gasteiger partial charge in [0, 0.05) is 16.5 Å².